The van der Waals surface area contributed by atoms with Crippen LogP contribution in [0.15, 0.2) is 12.7 Å². The molecule has 10 nitrogen and oxygen atoms in total. The molecule has 0 aliphatic carbocycles. The number of aromatic nitrogens is 4. The minimum atomic E-state index is -1.19. The third-order valence-electron chi connectivity index (χ3n) is 3.59. The first kappa shape index (κ1) is 15.1. The average Bonchev–Trinajstić information content (AvgIpc) is 3.08. The Bertz CT molecular complexity index is 650. The maximum Gasteiger partial charge on any atom is 0.167 e. The molecule has 4 atom stereocenters. The van der Waals surface area contributed by atoms with Crippen LogP contribution >= 0.6 is 0 Å². The van der Waals surface area contributed by atoms with Crippen LogP contribution in [0.5, 0.6) is 0 Å². The second-order valence-corrected chi connectivity index (χ2v) is 4.99. The maximum absolute atomic E-state index is 10.1. The third kappa shape index (κ3) is 2.40. The first-order valence-electron chi connectivity index (χ1n) is 6.91. The summed E-state index contributed by atoms with van der Waals surface area (Å²) in [6, 6.07) is 0. The monoisotopic (exact) mass is 310 g/mol. The molecular weight excluding hydrogens is 292 g/mol. The van der Waals surface area contributed by atoms with Gasteiger partial charge < -0.3 is 31.1 Å². The fourth-order valence-corrected chi connectivity index (χ4v) is 2.47. The van der Waals surface area contributed by atoms with Gasteiger partial charge in [-0.1, -0.05) is 0 Å². The second kappa shape index (κ2) is 6.10. The van der Waals surface area contributed by atoms with Crippen molar-refractivity contribution in [3.63, 3.8) is 0 Å². The summed E-state index contributed by atoms with van der Waals surface area (Å²) in [5.74, 6) is 0.529. The number of hydrogen-bond donors (Lipinski definition) is 5. The Labute approximate surface area is 125 Å². The van der Waals surface area contributed by atoms with Crippen LogP contribution in [-0.4, -0.2) is 72.8 Å². The number of nitrogens with two attached hydrogens (primary N) is 1. The summed E-state index contributed by atoms with van der Waals surface area (Å²) in [5.41, 5.74) is 6.41. The van der Waals surface area contributed by atoms with Crippen LogP contribution in [0.3, 0.4) is 0 Å². The summed E-state index contributed by atoms with van der Waals surface area (Å²) in [5, 5.41) is 32.1. The number of ether oxygens (including phenoxy) is 1. The molecule has 0 amide bonds. The predicted octanol–water partition coefficient (Wildman–Crippen LogP) is -2.19. The van der Waals surface area contributed by atoms with Gasteiger partial charge in [0.15, 0.2) is 23.2 Å². The smallest absolute Gasteiger partial charge is 0.167 e. The van der Waals surface area contributed by atoms with E-state index in [1.807, 2.05) is 0 Å². The van der Waals surface area contributed by atoms with Crippen molar-refractivity contribution in [2.75, 3.05) is 25.0 Å². The number of hydrogen-bond acceptors (Lipinski definition) is 9. The first-order valence-corrected chi connectivity index (χ1v) is 6.91. The summed E-state index contributed by atoms with van der Waals surface area (Å²) < 4.78 is 6.99. The highest BCUT2D eigenvalue weighted by Crippen LogP contribution is 2.31. The Kier molecular flexibility index (Phi) is 4.18. The fraction of sp³-hybridized carbons (Fsp3) is 0.583. The molecule has 1 saturated heterocycles. The normalized spacial score (nSPS) is 28.4. The number of imidazole rings is 1. The number of nitrogens with zero attached hydrogens (tertiary/aromatic N) is 4. The Balaban J connectivity index is 1.95. The molecule has 3 heterocycles. The van der Waals surface area contributed by atoms with Gasteiger partial charge in [-0.05, 0) is 0 Å². The minimum absolute atomic E-state index is 0.389. The largest absolute Gasteiger partial charge is 0.394 e. The van der Waals surface area contributed by atoms with E-state index in [2.05, 4.69) is 20.3 Å². The quantitative estimate of drug-likeness (QED) is 0.414. The molecule has 4 unspecified atom stereocenters. The first-order chi connectivity index (χ1) is 10.7. The van der Waals surface area contributed by atoms with Gasteiger partial charge in [0.2, 0.25) is 0 Å². The predicted molar refractivity (Wildman–Crippen MR) is 75.9 cm³/mol. The lowest BCUT2D eigenvalue weighted by Crippen LogP contribution is -2.33. The maximum atomic E-state index is 10.1. The van der Waals surface area contributed by atoms with Crippen LogP contribution in [0, 0.1) is 0 Å². The van der Waals surface area contributed by atoms with Crippen LogP contribution in [0.2, 0.25) is 0 Å². The number of rotatable bonds is 5. The van der Waals surface area contributed by atoms with Gasteiger partial charge in [-0.3, -0.25) is 4.57 Å². The average molecular weight is 310 g/mol. The lowest BCUT2D eigenvalue weighted by atomic mass is 10.1. The van der Waals surface area contributed by atoms with Gasteiger partial charge in [-0.15, -0.1) is 0 Å². The van der Waals surface area contributed by atoms with Crippen molar-refractivity contribution in [3.05, 3.63) is 12.7 Å². The molecule has 0 saturated carbocycles. The Morgan fingerprint density at radius 1 is 1.27 bits per heavy atom. The third-order valence-corrected chi connectivity index (χ3v) is 3.59. The zero-order valence-corrected chi connectivity index (χ0v) is 11.7. The van der Waals surface area contributed by atoms with E-state index >= 15 is 0 Å². The highest BCUT2D eigenvalue weighted by molar-refractivity contribution is 5.82. The molecule has 3 rings (SSSR count). The standard InChI is InChI=1S/C12H18N6O4/c13-1-2-14-10-7-11(16-4-15-10)18(5-17-7)12-9(21)8(20)6(3-19)22-12/h4-6,8-9,12,19-21H,1-3,13H2,(H,14,15,16). The topological polar surface area (TPSA) is 152 Å². The van der Waals surface area contributed by atoms with E-state index in [-0.39, 0.29) is 6.61 Å². The summed E-state index contributed by atoms with van der Waals surface area (Å²) in [4.78, 5) is 12.5. The van der Waals surface area contributed by atoms with Crippen molar-refractivity contribution in [1.29, 1.82) is 0 Å². The lowest BCUT2D eigenvalue weighted by molar-refractivity contribution is -0.0511. The highest BCUT2D eigenvalue weighted by Gasteiger charge is 2.43. The van der Waals surface area contributed by atoms with E-state index in [4.69, 9.17) is 15.6 Å². The molecule has 0 bridgehead atoms. The molecule has 6 N–H and O–H groups in total. The van der Waals surface area contributed by atoms with Gasteiger partial charge in [0.25, 0.3) is 0 Å². The Hall–Kier alpha value is -1.85. The molecular formula is C12H18N6O4. The van der Waals surface area contributed by atoms with Crippen LogP contribution in [0.1, 0.15) is 6.23 Å². The van der Waals surface area contributed by atoms with Crippen LogP contribution in [0.4, 0.5) is 5.82 Å². The van der Waals surface area contributed by atoms with E-state index in [0.717, 1.165) is 0 Å². The Morgan fingerprint density at radius 2 is 2.09 bits per heavy atom. The van der Waals surface area contributed by atoms with Gasteiger partial charge in [-0.2, -0.15) is 0 Å². The lowest BCUT2D eigenvalue weighted by Gasteiger charge is -2.16. The van der Waals surface area contributed by atoms with Crippen molar-refractivity contribution in [2.24, 2.45) is 5.73 Å². The van der Waals surface area contributed by atoms with Crippen LogP contribution in [-0.2, 0) is 4.74 Å². The number of aliphatic hydroxyl groups excluding tert-OH is 3. The summed E-state index contributed by atoms with van der Waals surface area (Å²) in [6.45, 7) is 0.591. The van der Waals surface area contributed by atoms with Gasteiger partial charge >= 0.3 is 0 Å². The molecule has 0 radical (unpaired) electrons. The summed E-state index contributed by atoms with van der Waals surface area (Å²) >= 11 is 0. The van der Waals surface area contributed by atoms with Crippen molar-refractivity contribution >= 4 is 17.0 Å². The van der Waals surface area contributed by atoms with Crippen molar-refractivity contribution < 1.29 is 20.1 Å². The molecule has 0 aromatic carbocycles. The molecule has 1 aliphatic rings. The van der Waals surface area contributed by atoms with Gasteiger partial charge in [0.05, 0.1) is 12.9 Å². The number of aliphatic hydroxyl groups is 3. The molecule has 22 heavy (non-hydrogen) atoms. The molecule has 0 spiro atoms. The Morgan fingerprint density at radius 3 is 2.77 bits per heavy atom. The molecule has 120 valence electrons. The SMILES string of the molecule is NCCNc1ncnc2c1ncn2C1OC(CO)C(O)C1O. The summed E-state index contributed by atoms with van der Waals surface area (Å²) in [6.07, 6.45) is -1.29. The van der Waals surface area contributed by atoms with E-state index in [9.17, 15) is 10.2 Å². The van der Waals surface area contributed by atoms with E-state index < -0.39 is 24.5 Å². The number of anilines is 1. The second-order valence-electron chi connectivity index (χ2n) is 4.99. The summed E-state index contributed by atoms with van der Waals surface area (Å²) in [7, 11) is 0. The van der Waals surface area contributed by atoms with Crippen molar-refractivity contribution in [2.45, 2.75) is 24.5 Å². The number of nitrogens with one attached hydrogen (secondary N) is 1. The molecule has 2 aromatic rings. The van der Waals surface area contributed by atoms with Crippen LogP contribution < -0.4 is 11.1 Å². The zero-order chi connectivity index (χ0) is 15.7. The van der Waals surface area contributed by atoms with Gasteiger partial charge in [0, 0.05) is 13.1 Å². The molecule has 1 aliphatic heterocycles. The zero-order valence-electron chi connectivity index (χ0n) is 11.7. The molecule has 1 fully saturated rings. The van der Waals surface area contributed by atoms with Crippen LogP contribution in [0.25, 0.3) is 11.2 Å². The van der Waals surface area contributed by atoms with E-state index in [1.54, 1.807) is 0 Å². The molecule has 2 aromatic heterocycles. The minimum Gasteiger partial charge on any atom is -0.394 e. The van der Waals surface area contributed by atoms with Gasteiger partial charge in [0.1, 0.15) is 24.6 Å². The van der Waals surface area contributed by atoms with E-state index in [1.165, 1.54) is 17.2 Å². The van der Waals surface area contributed by atoms with Crippen molar-refractivity contribution in [1.82, 2.24) is 19.5 Å². The number of fused-ring (bicyclic) bond motifs is 1. The highest BCUT2D eigenvalue weighted by atomic mass is 16.6. The molecule has 10 heteroatoms. The fourth-order valence-electron chi connectivity index (χ4n) is 2.47. The van der Waals surface area contributed by atoms with Crippen molar-refractivity contribution in [3.8, 4) is 0 Å². The van der Waals surface area contributed by atoms with Gasteiger partial charge in [-0.25, -0.2) is 15.0 Å². The van der Waals surface area contributed by atoms with E-state index in [0.29, 0.717) is 30.1 Å².